The Morgan fingerprint density at radius 2 is 2.24 bits per heavy atom. The third-order valence-corrected chi connectivity index (χ3v) is 4.03. The van der Waals surface area contributed by atoms with Crippen molar-refractivity contribution in [3.8, 4) is 0 Å². The average Bonchev–Trinajstić information content (AvgIpc) is 2.83. The smallest absolute Gasteiger partial charge is 0.223 e. The molecule has 1 aromatic carbocycles. The van der Waals surface area contributed by atoms with E-state index in [0.717, 1.165) is 16.7 Å². The summed E-state index contributed by atoms with van der Waals surface area (Å²) in [6.07, 6.45) is 4.00. The molecule has 3 rings (SSSR count). The van der Waals surface area contributed by atoms with Crippen LogP contribution in [0.3, 0.4) is 0 Å². The number of carbonyl (C=O) groups excluding carboxylic acids is 1. The molecule has 1 aromatic heterocycles. The van der Waals surface area contributed by atoms with Crippen LogP contribution in [0, 0.1) is 12.7 Å². The van der Waals surface area contributed by atoms with Crippen molar-refractivity contribution >= 4 is 5.91 Å². The molecule has 1 atom stereocenters. The summed E-state index contributed by atoms with van der Waals surface area (Å²) in [7, 11) is 0. The van der Waals surface area contributed by atoms with Gasteiger partial charge in [0.15, 0.2) is 0 Å². The number of hydrogen-bond donors (Lipinski definition) is 0. The molecule has 0 bridgehead atoms. The molecular formula is C17H17FN2O. The van der Waals surface area contributed by atoms with E-state index >= 15 is 0 Å². The maximum atomic E-state index is 13.3. The predicted octanol–water partition coefficient (Wildman–Crippen LogP) is 3.05. The van der Waals surface area contributed by atoms with Crippen LogP contribution in [-0.4, -0.2) is 22.3 Å². The number of likely N-dealkylation sites (tertiary alicyclic amines) is 1. The van der Waals surface area contributed by atoms with E-state index < -0.39 is 0 Å². The second-order valence-electron chi connectivity index (χ2n) is 5.53. The van der Waals surface area contributed by atoms with E-state index in [-0.39, 0.29) is 17.6 Å². The fourth-order valence-electron chi connectivity index (χ4n) is 2.79. The van der Waals surface area contributed by atoms with E-state index in [1.165, 1.54) is 12.1 Å². The van der Waals surface area contributed by atoms with Gasteiger partial charge in [-0.2, -0.15) is 0 Å². The molecule has 108 valence electrons. The number of nitrogens with zero attached hydrogens (tertiary/aromatic N) is 2. The largest absolute Gasteiger partial charge is 0.338 e. The molecule has 1 fully saturated rings. The number of rotatable bonds is 3. The highest BCUT2D eigenvalue weighted by Crippen LogP contribution is 2.29. The summed E-state index contributed by atoms with van der Waals surface area (Å²) < 4.78 is 13.3. The van der Waals surface area contributed by atoms with Crippen molar-refractivity contribution in [2.24, 2.45) is 0 Å². The number of hydrogen-bond acceptors (Lipinski definition) is 2. The van der Waals surface area contributed by atoms with E-state index in [1.54, 1.807) is 18.5 Å². The van der Waals surface area contributed by atoms with Gasteiger partial charge in [0.1, 0.15) is 5.82 Å². The summed E-state index contributed by atoms with van der Waals surface area (Å²) in [5.41, 5.74) is 3.09. The molecule has 0 N–H and O–H groups in total. The van der Waals surface area contributed by atoms with Gasteiger partial charge in [0.2, 0.25) is 5.91 Å². The second kappa shape index (κ2) is 5.64. The minimum atomic E-state index is -0.247. The van der Waals surface area contributed by atoms with Gasteiger partial charge in [-0.3, -0.25) is 9.78 Å². The molecule has 1 aliphatic rings. The fraction of sp³-hybridized carbons (Fsp3) is 0.294. The summed E-state index contributed by atoms with van der Waals surface area (Å²) in [5.74, 6) is -0.0424. The molecule has 0 radical (unpaired) electrons. The Labute approximate surface area is 123 Å². The lowest BCUT2D eigenvalue weighted by Gasteiger charge is -2.18. The molecule has 21 heavy (non-hydrogen) atoms. The number of amides is 1. The first kappa shape index (κ1) is 13.7. The van der Waals surface area contributed by atoms with Crippen LogP contribution in [0.15, 0.2) is 42.7 Å². The van der Waals surface area contributed by atoms with Gasteiger partial charge in [0, 0.05) is 37.8 Å². The zero-order chi connectivity index (χ0) is 14.8. The van der Waals surface area contributed by atoms with Crippen LogP contribution in [0.25, 0.3) is 0 Å². The standard InChI is InChI=1S/C17H17FN2O/c1-12-9-19-6-5-14(12)10-20-11-15(8-17(20)21)13-3-2-4-16(18)7-13/h2-7,9,15H,8,10-11H2,1H3. The highest BCUT2D eigenvalue weighted by molar-refractivity contribution is 5.79. The summed E-state index contributed by atoms with van der Waals surface area (Å²) in [6.45, 7) is 3.23. The lowest BCUT2D eigenvalue weighted by Crippen LogP contribution is -2.24. The van der Waals surface area contributed by atoms with E-state index in [1.807, 2.05) is 24.0 Å². The van der Waals surface area contributed by atoms with E-state index in [0.29, 0.717) is 19.5 Å². The van der Waals surface area contributed by atoms with E-state index in [4.69, 9.17) is 0 Å². The SMILES string of the molecule is Cc1cnccc1CN1CC(c2cccc(F)c2)CC1=O. The second-order valence-corrected chi connectivity index (χ2v) is 5.53. The fourth-order valence-corrected chi connectivity index (χ4v) is 2.79. The van der Waals surface area contributed by atoms with Crippen molar-refractivity contribution in [3.63, 3.8) is 0 Å². The summed E-state index contributed by atoms with van der Waals surface area (Å²) in [6, 6.07) is 8.49. The molecule has 1 amide bonds. The lowest BCUT2D eigenvalue weighted by molar-refractivity contribution is -0.128. The van der Waals surface area contributed by atoms with Crippen LogP contribution in [0.5, 0.6) is 0 Å². The van der Waals surface area contributed by atoms with Crippen LogP contribution in [0.4, 0.5) is 4.39 Å². The van der Waals surface area contributed by atoms with Crippen molar-refractivity contribution in [2.45, 2.75) is 25.8 Å². The molecular weight excluding hydrogens is 267 g/mol. The van der Waals surface area contributed by atoms with Crippen LogP contribution in [-0.2, 0) is 11.3 Å². The molecule has 0 spiro atoms. The highest BCUT2D eigenvalue weighted by Gasteiger charge is 2.30. The summed E-state index contributed by atoms with van der Waals surface area (Å²) in [5, 5.41) is 0. The number of aryl methyl sites for hydroxylation is 1. The van der Waals surface area contributed by atoms with E-state index in [9.17, 15) is 9.18 Å². The Kier molecular flexibility index (Phi) is 3.69. The molecule has 0 aliphatic carbocycles. The van der Waals surface area contributed by atoms with Gasteiger partial charge < -0.3 is 4.90 Å². The Morgan fingerprint density at radius 3 is 3.00 bits per heavy atom. The van der Waals surface area contributed by atoms with Crippen molar-refractivity contribution in [2.75, 3.05) is 6.54 Å². The highest BCUT2D eigenvalue weighted by atomic mass is 19.1. The molecule has 1 aliphatic heterocycles. The van der Waals surface area contributed by atoms with Crippen molar-refractivity contribution in [3.05, 3.63) is 65.2 Å². The molecule has 3 nitrogen and oxygen atoms in total. The van der Waals surface area contributed by atoms with Gasteiger partial charge >= 0.3 is 0 Å². The Bertz CT molecular complexity index is 671. The Balaban J connectivity index is 1.75. The maximum Gasteiger partial charge on any atom is 0.223 e. The monoisotopic (exact) mass is 284 g/mol. The molecule has 2 aromatic rings. The Morgan fingerprint density at radius 1 is 1.38 bits per heavy atom. The third kappa shape index (κ3) is 2.94. The third-order valence-electron chi connectivity index (χ3n) is 4.03. The topological polar surface area (TPSA) is 33.2 Å². The summed E-state index contributed by atoms with van der Waals surface area (Å²) >= 11 is 0. The predicted molar refractivity (Wildman–Crippen MR) is 78.1 cm³/mol. The van der Waals surface area contributed by atoms with Crippen molar-refractivity contribution in [1.29, 1.82) is 0 Å². The van der Waals surface area contributed by atoms with Gasteiger partial charge in [-0.15, -0.1) is 0 Å². The first-order valence-corrected chi connectivity index (χ1v) is 7.06. The number of aromatic nitrogens is 1. The van der Waals surface area contributed by atoms with Crippen LogP contribution >= 0.6 is 0 Å². The zero-order valence-corrected chi connectivity index (χ0v) is 11.9. The zero-order valence-electron chi connectivity index (χ0n) is 11.9. The minimum absolute atomic E-state index is 0.0790. The first-order chi connectivity index (χ1) is 10.1. The molecule has 4 heteroatoms. The molecule has 0 saturated carbocycles. The first-order valence-electron chi connectivity index (χ1n) is 7.06. The number of benzene rings is 1. The Hall–Kier alpha value is -2.23. The molecule has 1 unspecified atom stereocenters. The van der Waals surface area contributed by atoms with Crippen LogP contribution < -0.4 is 0 Å². The van der Waals surface area contributed by atoms with Crippen molar-refractivity contribution < 1.29 is 9.18 Å². The van der Waals surface area contributed by atoms with Crippen LogP contribution in [0.2, 0.25) is 0 Å². The minimum Gasteiger partial charge on any atom is -0.338 e. The number of carbonyl (C=O) groups is 1. The number of halogens is 1. The van der Waals surface area contributed by atoms with Crippen LogP contribution in [0.1, 0.15) is 29.0 Å². The number of pyridine rings is 1. The molecule has 2 heterocycles. The van der Waals surface area contributed by atoms with Gasteiger partial charge in [0.05, 0.1) is 0 Å². The normalized spacial score (nSPS) is 18.3. The van der Waals surface area contributed by atoms with E-state index in [2.05, 4.69) is 4.98 Å². The van der Waals surface area contributed by atoms with Crippen molar-refractivity contribution in [1.82, 2.24) is 9.88 Å². The van der Waals surface area contributed by atoms with Gasteiger partial charge in [0.25, 0.3) is 0 Å². The average molecular weight is 284 g/mol. The quantitative estimate of drug-likeness (QED) is 0.868. The maximum absolute atomic E-state index is 13.3. The van der Waals surface area contributed by atoms with Gasteiger partial charge in [-0.1, -0.05) is 12.1 Å². The van der Waals surface area contributed by atoms with Gasteiger partial charge in [-0.05, 0) is 41.8 Å². The summed E-state index contributed by atoms with van der Waals surface area (Å²) in [4.78, 5) is 18.1. The van der Waals surface area contributed by atoms with Gasteiger partial charge in [-0.25, -0.2) is 4.39 Å². The molecule has 1 saturated heterocycles. The lowest BCUT2D eigenvalue weighted by atomic mass is 9.98.